The summed E-state index contributed by atoms with van der Waals surface area (Å²) in [5.41, 5.74) is 5.76. The predicted molar refractivity (Wildman–Crippen MR) is 88.8 cm³/mol. The summed E-state index contributed by atoms with van der Waals surface area (Å²) >= 11 is 0. The molecule has 2 aliphatic rings. The summed E-state index contributed by atoms with van der Waals surface area (Å²) in [6.07, 6.45) is 2.31. The largest absolute Gasteiger partial charge is 0.381 e. The highest BCUT2D eigenvalue weighted by molar-refractivity contribution is 5.78. The molecule has 1 fully saturated rings. The van der Waals surface area contributed by atoms with Gasteiger partial charge in [0.1, 0.15) is 5.82 Å². The van der Waals surface area contributed by atoms with Crippen LogP contribution in [0.1, 0.15) is 29.9 Å². The van der Waals surface area contributed by atoms with Crippen LogP contribution in [0.2, 0.25) is 0 Å². The van der Waals surface area contributed by atoms with Crippen LogP contribution in [0, 0.1) is 12.7 Å². The van der Waals surface area contributed by atoms with Crippen LogP contribution in [0.15, 0.2) is 36.4 Å². The Morgan fingerprint density at radius 3 is 2.82 bits per heavy atom. The Bertz CT molecular complexity index is 711. The third-order valence-corrected chi connectivity index (χ3v) is 5.04. The standard InChI is InChI=1S/C19H21FN2/c1-12-11-13(5-6-16(12)20)14-3-2-4-18-19(14)15-7-9-21-10-8-17(15)22-18/h2-6,11,15,17,21-22H,7-10H2,1H3/t15-,17+/m1/s1. The molecule has 0 aliphatic carbocycles. The van der Waals surface area contributed by atoms with Crippen molar-refractivity contribution in [3.05, 3.63) is 53.3 Å². The van der Waals surface area contributed by atoms with Crippen molar-refractivity contribution in [1.29, 1.82) is 0 Å². The Labute approximate surface area is 130 Å². The summed E-state index contributed by atoms with van der Waals surface area (Å²) in [5, 5.41) is 7.19. The molecule has 2 heterocycles. The molecule has 0 unspecified atom stereocenters. The van der Waals surface area contributed by atoms with E-state index in [9.17, 15) is 4.39 Å². The molecule has 0 aromatic heterocycles. The van der Waals surface area contributed by atoms with Gasteiger partial charge in [-0.25, -0.2) is 4.39 Å². The van der Waals surface area contributed by atoms with Crippen molar-refractivity contribution in [2.45, 2.75) is 31.7 Å². The van der Waals surface area contributed by atoms with Gasteiger partial charge < -0.3 is 10.6 Å². The first-order valence-corrected chi connectivity index (χ1v) is 8.11. The highest BCUT2D eigenvalue weighted by atomic mass is 19.1. The molecule has 0 saturated carbocycles. The molecule has 2 N–H and O–H groups in total. The number of hydrogen-bond acceptors (Lipinski definition) is 2. The fourth-order valence-corrected chi connectivity index (χ4v) is 3.92. The molecule has 3 heteroatoms. The Morgan fingerprint density at radius 1 is 1.09 bits per heavy atom. The zero-order chi connectivity index (χ0) is 15.1. The highest BCUT2D eigenvalue weighted by Crippen LogP contribution is 2.45. The molecule has 4 rings (SSSR count). The fourth-order valence-electron chi connectivity index (χ4n) is 3.92. The fraction of sp³-hybridized carbons (Fsp3) is 0.368. The zero-order valence-electron chi connectivity index (χ0n) is 12.8. The van der Waals surface area contributed by atoms with Gasteiger partial charge in [-0.05, 0) is 73.3 Å². The van der Waals surface area contributed by atoms with Gasteiger partial charge in [0.2, 0.25) is 0 Å². The van der Waals surface area contributed by atoms with Crippen molar-refractivity contribution in [3.8, 4) is 11.1 Å². The van der Waals surface area contributed by atoms with Crippen LogP contribution in [0.4, 0.5) is 10.1 Å². The summed E-state index contributed by atoms with van der Waals surface area (Å²) in [5.74, 6) is 0.414. The molecule has 2 atom stereocenters. The number of rotatable bonds is 1. The number of aryl methyl sites for hydroxylation is 1. The van der Waals surface area contributed by atoms with Gasteiger partial charge in [0.15, 0.2) is 0 Å². The lowest BCUT2D eigenvalue weighted by Gasteiger charge is -2.18. The Balaban J connectivity index is 1.82. The Kier molecular flexibility index (Phi) is 3.38. The molecule has 1 saturated heterocycles. The number of nitrogens with one attached hydrogen (secondary N) is 2. The molecule has 2 aromatic rings. The average Bonchev–Trinajstić information content (AvgIpc) is 2.72. The molecule has 0 spiro atoms. The summed E-state index contributed by atoms with van der Waals surface area (Å²) in [6.45, 7) is 3.98. The smallest absolute Gasteiger partial charge is 0.126 e. The quantitative estimate of drug-likeness (QED) is 0.829. The minimum absolute atomic E-state index is 0.133. The first-order chi connectivity index (χ1) is 10.7. The van der Waals surface area contributed by atoms with Crippen LogP contribution < -0.4 is 10.6 Å². The van der Waals surface area contributed by atoms with E-state index in [0.717, 1.165) is 31.5 Å². The van der Waals surface area contributed by atoms with E-state index in [2.05, 4.69) is 28.8 Å². The monoisotopic (exact) mass is 296 g/mol. The first kappa shape index (κ1) is 13.8. The van der Waals surface area contributed by atoms with Crippen molar-refractivity contribution >= 4 is 5.69 Å². The van der Waals surface area contributed by atoms with Gasteiger partial charge in [0.05, 0.1) is 0 Å². The van der Waals surface area contributed by atoms with Crippen LogP contribution in [-0.2, 0) is 0 Å². The SMILES string of the molecule is Cc1cc(-c2cccc3c2[C@@H]2CCNCC[C@@H]2N3)ccc1F. The van der Waals surface area contributed by atoms with Gasteiger partial charge in [-0.3, -0.25) is 0 Å². The maximum Gasteiger partial charge on any atom is 0.126 e. The van der Waals surface area contributed by atoms with Crippen LogP contribution in [0.5, 0.6) is 0 Å². The van der Waals surface area contributed by atoms with E-state index in [1.807, 2.05) is 19.1 Å². The molecule has 0 bridgehead atoms. The molecule has 114 valence electrons. The van der Waals surface area contributed by atoms with E-state index in [-0.39, 0.29) is 5.82 Å². The third-order valence-electron chi connectivity index (χ3n) is 5.04. The van der Waals surface area contributed by atoms with Gasteiger partial charge in [-0.15, -0.1) is 0 Å². The number of anilines is 1. The third kappa shape index (κ3) is 2.20. The molecule has 2 nitrogen and oxygen atoms in total. The molecule has 0 radical (unpaired) electrons. The second kappa shape index (κ2) is 5.40. The predicted octanol–water partition coefficient (Wildman–Crippen LogP) is 4.06. The van der Waals surface area contributed by atoms with Crippen molar-refractivity contribution < 1.29 is 4.39 Å². The van der Waals surface area contributed by atoms with Crippen LogP contribution in [0.25, 0.3) is 11.1 Å². The molecule has 2 aliphatic heterocycles. The second-order valence-corrected chi connectivity index (χ2v) is 6.42. The van der Waals surface area contributed by atoms with E-state index < -0.39 is 0 Å². The van der Waals surface area contributed by atoms with Gasteiger partial charge in [0, 0.05) is 17.6 Å². The minimum atomic E-state index is -0.133. The normalized spacial score (nSPS) is 23.4. The maximum absolute atomic E-state index is 13.6. The van der Waals surface area contributed by atoms with Crippen LogP contribution in [-0.4, -0.2) is 19.1 Å². The molecule has 0 amide bonds. The lowest BCUT2D eigenvalue weighted by molar-refractivity contribution is 0.579. The molecular formula is C19H21FN2. The summed E-state index contributed by atoms with van der Waals surface area (Å²) in [4.78, 5) is 0. The van der Waals surface area contributed by atoms with E-state index in [0.29, 0.717) is 17.5 Å². The zero-order valence-corrected chi connectivity index (χ0v) is 12.8. The average molecular weight is 296 g/mol. The minimum Gasteiger partial charge on any atom is -0.381 e. The maximum atomic E-state index is 13.6. The molecule has 2 aromatic carbocycles. The van der Waals surface area contributed by atoms with Crippen molar-refractivity contribution in [3.63, 3.8) is 0 Å². The van der Waals surface area contributed by atoms with E-state index in [1.54, 1.807) is 6.07 Å². The lowest BCUT2D eigenvalue weighted by atomic mass is 9.85. The first-order valence-electron chi connectivity index (χ1n) is 8.11. The van der Waals surface area contributed by atoms with Crippen LogP contribution >= 0.6 is 0 Å². The van der Waals surface area contributed by atoms with Gasteiger partial charge >= 0.3 is 0 Å². The Hall–Kier alpha value is -1.87. The van der Waals surface area contributed by atoms with Gasteiger partial charge in [-0.1, -0.05) is 18.2 Å². The molecular weight excluding hydrogens is 275 g/mol. The number of halogens is 1. The summed E-state index contributed by atoms with van der Waals surface area (Å²) in [7, 11) is 0. The number of benzene rings is 2. The second-order valence-electron chi connectivity index (χ2n) is 6.42. The van der Waals surface area contributed by atoms with Crippen LogP contribution in [0.3, 0.4) is 0 Å². The Morgan fingerprint density at radius 2 is 1.95 bits per heavy atom. The van der Waals surface area contributed by atoms with E-state index in [1.165, 1.54) is 16.8 Å². The topological polar surface area (TPSA) is 24.1 Å². The number of hydrogen-bond donors (Lipinski definition) is 2. The number of fused-ring (bicyclic) bond motifs is 3. The van der Waals surface area contributed by atoms with Gasteiger partial charge in [0.25, 0.3) is 0 Å². The van der Waals surface area contributed by atoms with E-state index in [4.69, 9.17) is 0 Å². The summed E-state index contributed by atoms with van der Waals surface area (Å²) < 4.78 is 13.6. The van der Waals surface area contributed by atoms with Crippen molar-refractivity contribution in [2.75, 3.05) is 18.4 Å². The van der Waals surface area contributed by atoms with Gasteiger partial charge in [-0.2, -0.15) is 0 Å². The highest BCUT2D eigenvalue weighted by Gasteiger charge is 2.34. The van der Waals surface area contributed by atoms with Crippen molar-refractivity contribution in [2.24, 2.45) is 0 Å². The summed E-state index contributed by atoms with van der Waals surface area (Å²) in [6, 6.07) is 12.4. The van der Waals surface area contributed by atoms with Crippen molar-refractivity contribution in [1.82, 2.24) is 5.32 Å². The lowest BCUT2D eigenvalue weighted by Crippen LogP contribution is -2.21. The molecule has 22 heavy (non-hydrogen) atoms. The van der Waals surface area contributed by atoms with E-state index >= 15 is 0 Å².